The minimum absolute atomic E-state index is 0.567. The van der Waals surface area contributed by atoms with Gasteiger partial charge in [-0.3, -0.25) is 4.21 Å². The number of rotatable bonds is 7. The number of anilines is 2. The van der Waals surface area contributed by atoms with Crippen LogP contribution in [-0.4, -0.2) is 46.4 Å². The second-order valence-corrected chi connectivity index (χ2v) is 5.08. The highest BCUT2D eigenvalue weighted by molar-refractivity contribution is 7.84. The topological polar surface area (TPSA) is 76.1 Å². The van der Waals surface area contributed by atoms with Gasteiger partial charge < -0.3 is 15.4 Å². The van der Waals surface area contributed by atoms with Gasteiger partial charge in [0.25, 0.3) is 0 Å². The van der Waals surface area contributed by atoms with Crippen molar-refractivity contribution in [3.63, 3.8) is 0 Å². The fraction of sp³-hybridized carbons (Fsp3) is 0.600. The molecule has 0 aliphatic heterocycles. The van der Waals surface area contributed by atoms with E-state index < -0.39 is 10.8 Å². The number of methoxy groups -OCH3 is 1. The lowest BCUT2D eigenvalue weighted by atomic mass is 10.4. The highest BCUT2D eigenvalue weighted by Crippen LogP contribution is 2.27. The lowest BCUT2D eigenvalue weighted by Crippen LogP contribution is -2.14. The van der Waals surface area contributed by atoms with Gasteiger partial charge in [-0.2, -0.15) is 0 Å². The van der Waals surface area contributed by atoms with Gasteiger partial charge in [0.2, 0.25) is 5.75 Å². The Morgan fingerprint density at radius 3 is 2.71 bits per heavy atom. The third-order valence-electron chi connectivity index (χ3n) is 2.19. The van der Waals surface area contributed by atoms with Crippen LogP contribution in [0.3, 0.4) is 0 Å². The molecule has 0 aromatic carbocycles. The molecule has 1 heterocycles. The van der Waals surface area contributed by atoms with Gasteiger partial charge in [0.15, 0.2) is 11.6 Å². The summed E-state index contributed by atoms with van der Waals surface area (Å²) in [6, 6.07) is 0. The maximum atomic E-state index is 11.3. The predicted octanol–water partition coefficient (Wildman–Crippen LogP) is 0.707. The fourth-order valence-electron chi connectivity index (χ4n) is 1.30. The normalized spacial score (nSPS) is 11.9. The van der Waals surface area contributed by atoms with Crippen LogP contribution < -0.4 is 15.4 Å². The van der Waals surface area contributed by atoms with Crippen LogP contribution in [0.5, 0.6) is 5.75 Å². The van der Waals surface area contributed by atoms with Crippen LogP contribution in [-0.2, 0) is 10.8 Å². The molecule has 0 aliphatic rings. The van der Waals surface area contributed by atoms with Gasteiger partial charge in [0, 0.05) is 35.9 Å². The molecule has 1 atom stereocenters. The largest absolute Gasteiger partial charge is 0.490 e. The quantitative estimate of drug-likeness (QED) is 0.750. The van der Waals surface area contributed by atoms with Crippen molar-refractivity contribution in [1.82, 2.24) is 9.97 Å². The van der Waals surface area contributed by atoms with E-state index in [4.69, 9.17) is 4.74 Å². The van der Waals surface area contributed by atoms with Crippen LogP contribution in [0, 0.1) is 0 Å². The van der Waals surface area contributed by atoms with E-state index >= 15 is 0 Å². The number of hydrogen-bond acceptors (Lipinski definition) is 6. The van der Waals surface area contributed by atoms with Crippen molar-refractivity contribution < 1.29 is 8.95 Å². The summed E-state index contributed by atoms with van der Waals surface area (Å²) in [6.07, 6.45) is 1.45. The second kappa shape index (κ2) is 7.05. The van der Waals surface area contributed by atoms with Crippen molar-refractivity contribution in [2.24, 2.45) is 0 Å². The minimum Gasteiger partial charge on any atom is -0.490 e. The molecule has 1 rings (SSSR count). The smallest absolute Gasteiger partial charge is 0.204 e. The first-order valence-electron chi connectivity index (χ1n) is 5.38. The van der Waals surface area contributed by atoms with Gasteiger partial charge in [0.05, 0.1) is 7.11 Å². The van der Waals surface area contributed by atoms with Crippen LogP contribution in [0.15, 0.2) is 6.33 Å². The summed E-state index contributed by atoms with van der Waals surface area (Å²) in [5.74, 6) is 3.07. The summed E-state index contributed by atoms with van der Waals surface area (Å²) < 4.78 is 16.5. The molecular formula is C10H18N4O2S. The molecule has 0 bridgehead atoms. The average Bonchev–Trinajstić information content (AvgIpc) is 2.37. The first-order valence-corrected chi connectivity index (χ1v) is 6.87. The molecule has 0 saturated carbocycles. The third-order valence-corrected chi connectivity index (χ3v) is 3.49. The minimum atomic E-state index is -0.779. The summed E-state index contributed by atoms with van der Waals surface area (Å²) in [6.45, 7) is 2.50. The molecule has 1 unspecified atom stereocenters. The van der Waals surface area contributed by atoms with E-state index in [0.717, 1.165) is 0 Å². The molecule has 0 fully saturated rings. The van der Waals surface area contributed by atoms with Crippen LogP contribution in [0.25, 0.3) is 0 Å². The Balaban J connectivity index is 2.67. The van der Waals surface area contributed by atoms with Crippen molar-refractivity contribution in [2.45, 2.75) is 6.92 Å². The number of aromatic nitrogens is 2. The summed E-state index contributed by atoms with van der Waals surface area (Å²) in [5, 5.41) is 6.02. The van der Waals surface area contributed by atoms with Crippen LogP contribution in [0.1, 0.15) is 6.92 Å². The fourth-order valence-corrected chi connectivity index (χ4v) is 1.92. The SMILES string of the molecule is CCS(=O)CCNc1ncnc(NC)c1OC. The van der Waals surface area contributed by atoms with Crippen LogP contribution in [0.4, 0.5) is 11.6 Å². The van der Waals surface area contributed by atoms with E-state index in [9.17, 15) is 4.21 Å². The van der Waals surface area contributed by atoms with E-state index in [0.29, 0.717) is 35.4 Å². The molecule has 6 nitrogen and oxygen atoms in total. The Kier molecular flexibility index (Phi) is 5.68. The Morgan fingerprint density at radius 1 is 1.41 bits per heavy atom. The van der Waals surface area contributed by atoms with Gasteiger partial charge in [-0.1, -0.05) is 6.92 Å². The van der Waals surface area contributed by atoms with E-state index in [1.807, 2.05) is 6.92 Å². The molecule has 17 heavy (non-hydrogen) atoms. The van der Waals surface area contributed by atoms with Crippen molar-refractivity contribution in [3.8, 4) is 5.75 Å². The van der Waals surface area contributed by atoms with Crippen molar-refractivity contribution >= 4 is 22.4 Å². The van der Waals surface area contributed by atoms with E-state index in [1.165, 1.54) is 6.33 Å². The maximum absolute atomic E-state index is 11.3. The Hall–Kier alpha value is -1.37. The van der Waals surface area contributed by atoms with Gasteiger partial charge in [-0.15, -0.1) is 0 Å². The standard InChI is InChI=1S/C10H18N4O2S/c1-4-17(15)6-5-12-10-8(16-3)9(11-2)13-7-14-10/h7H,4-6H2,1-3H3,(H2,11,12,13,14). The molecule has 7 heteroatoms. The highest BCUT2D eigenvalue weighted by atomic mass is 32.2. The number of nitrogens with zero attached hydrogens (tertiary/aromatic N) is 2. The average molecular weight is 258 g/mol. The van der Waals surface area contributed by atoms with Gasteiger partial charge in [0.1, 0.15) is 6.33 Å². The Labute approximate surface area is 104 Å². The van der Waals surface area contributed by atoms with Crippen molar-refractivity contribution in [3.05, 3.63) is 6.33 Å². The van der Waals surface area contributed by atoms with Crippen molar-refractivity contribution in [2.75, 3.05) is 42.8 Å². The Morgan fingerprint density at radius 2 is 2.12 bits per heavy atom. The zero-order valence-corrected chi connectivity index (χ0v) is 11.1. The predicted molar refractivity (Wildman–Crippen MR) is 70.2 cm³/mol. The van der Waals surface area contributed by atoms with Crippen LogP contribution in [0.2, 0.25) is 0 Å². The maximum Gasteiger partial charge on any atom is 0.204 e. The first kappa shape index (κ1) is 13.7. The summed E-state index contributed by atoms with van der Waals surface area (Å²) >= 11 is 0. The zero-order valence-electron chi connectivity index (χ0n) is 10.3. The Bertz CT molecular complexity index is 387. The lowest BCUT2D eigenvalue weighted by molar-refractivity contribution is 0.415. The number of ether oxygens (including phenoxy) is 1. The monoisotopic (exact) mass is 258 g/mol. The molecule has 0 saturated heterocycles. The molecule has 2 N–H and O–H groups in total. The number of hydrogen-bond donors (Lipinski definition) is 2. The number of nitrogens with one attached hydrogen (secondary N) is 2. The van der Waals surface area contributed by atoms with E-state index in [-0.39, 0.29) is 0 Å². The molecule has 0 spiro atoms. The molecule has 0 aliphatic carbocycles. The molecular weight excluding hydrogens is 240 g/mol. The zero-order chi connectivity index (χ0) is 12.7. The van der Waals surface area contributed by atoms with E-state index in [1.54, 1.807) is 14.2 Å². The molecule has 0 amide bonds. The molecule has 0 radical (unpaired) electrons. The molecule has 1 aromatic heterocycles. The second-order valence-electron chi connectivity index (χ2n) is 3.21. The van der Waals surface area contributed by atoms with Crippen molar-refractivity contribution in [1.29, 1.82) is 0 Å². The van der Waals surface area contributed by atoms with Gasteiger partial charge in [-0.25, -0.2) is 9.97 Å². The highest BCUT2D eigenvalue weighted by Gasteiger charge is 2.10. The van der Waals surface area contributed by atoms with Gasteiger partial charge >= 0.3 is 0 Å². The summed E-state index contributed by atoms with van der Waals surface area (Å²) in [4.78, 5) is 8.14. The third kappa shape index (κ3) is 3.85. The lowest BCUT2D eigenvalue weighted by Gasteiger charge is -2.12. The molecule has 96 valence electrons. The van der Waals surface area contributed by atoms with Gasteiger partial charge in [-0.05, 0) is 0 Å². The first-order chi connectivity index (χ1) is 8.22. The van der Waals surface area contributed by atoms with E-state index in [2.05, 4.69) is 20.6 Å². The molecule has 1 aromatic rings. The van der Waals surface area contributed by atoms with Crippen LogP contribution >= 0.6 is 0 Å². The summed E-state index contributed by atoms with van der Waals surface area (Å²) in [5.41, 5.74) is 0. The summed E-state index contributed by atoms with van der Waals surface area (Å²) in [7, 11) is 2.55.